The van der Waals surface area contributed by atoms with E-state index in [1.54, 1.807) is 32.6 Å². The molecule has 0 saturated carbocycles. The second-order valence-electron chi connectivity index (χ2n) is 7.36. The normalized spacial score (nSPS) is 21.0. The molecule has 1 saturated heterocycles. The minimum absolute atomic E-state index is 0.386. The van der Waals surface area contributed by atoms with Crippen LogP contribution >= 0.6 is 0 Å². The number of nitrogens with two attached hydrogens (primary N) is 1. The zero-order valence-electron chi connectivity index (χ0n) is 16.6. The van der Waals surface area contributed by atoms with Crippen LogP contribution in [0.15, 0.2) is 0 Å². The van der Waals surface area contributed by atoms with E-state index in [4.69, 9.17) is 10.5 Å². The number of carbonyl (C=O) groups is 2. The van der Waals surface area contributed by atoms with E-state index in [2.05, 4.69) is 21.3 Å². The summed E-state index contributed by atoms with van der Waals surface area (Å²) in [4.78, 5) is 27.3. The largest absolute Gasteiger partial charge is 0.457 e. The molecule has 9 heteroatoms. The molecule has 26 heavy (non-hydrogen) atoms. The summed E-state index contributed by atoms with van der Waals surface area (Å²) in [5, 5.41) is 12.6. The molecular weight excluding hydrogens is 336 g/mol. The van der Waals surface area contributed by atoms with E-state index >= 15 is 0 Å². The Labute approximate surface area is 156 Å². The molecular formula is C17H36N6O3. The van der Waals surface area contributed by atoms with Gasteiger partial charge < -0.3 is 26.0 Å². The predicted octanol–water partition coefficient (Wildman–Crippen LogP) is -1.80. The standard InChI is InChI=1S/C17H36N6O3/c1-5-22-14(24)17(18,15(25)26-16(2,3)4)23-12-10-20-8-6-19-7-9-21-11-13-23/h19-21H,5-13,18H2,1-4H3,(H,22,24). The Hall–Kier alpha value is -1.26. The highest BCUT2D eigenvalue weighted by Crippen LogP contribution is 2.17. The molecule has 0 spiro atoms. The molecule has 1 fully saturated rings. The first-order valence-corrected chi connectivity index (χ1v) is 9.39. The zero-order valence-corrected chi connectivity index (χ0v) is 16.6. The SMILES string of the molecule is CCNC(=O)C(N)(C(=O)OC(C)(C)C)N1CCNCCNCCNCC1. The number of hydrogen-bond acceptors (Lipinski definition) is 8. The molecule has 0 aliphatic carbocycles. The van der Waals surface area contributed by atoms with E-state index in [1.165, 1.54) is 0 Å². The van der Waals surface area contributed by atoms with Gasteiger partial charge in [-0.25, -0.2) is 4.79 Å². The minimum atomic E-state index is -1.87. The highest BCUT2D eigenvalue weighted by molar-refractivity contribution is 6.06. The fourth-order valence-electron chi connectivity index (χ4n) is 2.64. The van der Waals surface area contributed by atoms with Gasteiger partial charge in [0.25, 0.3) is 5.91 Å². The molecule has 152 valence electrons. The molecule has 1 atom stereocenters. The van der Waals surface area contributed by atoms with Crippen LogP contribution in [0.25, 0.3) is 0 Å². The van der Waals surface area contributed by atoms with Crippen molar-refractivity contribution < 1.29 is 14.3 Å². The smallest absolute Gasteiger partial charge is 0.352 e. The third kappa shape index (κ3) is 7.16. The third-order valence-corrected chi connectivity index (χ3v) is 3.97. The first kappa shape index (κ1) is 22.8. The van der Waals surface area contributed by atoms with Crippen molar-refractivity contribution >= 4 is 11.9 Å². The second-order valence-corrected chi connectivity index (χ2v) is 7.36. The van der Waals surface area contributed by atoms with Gasteiger partial charge in [-0.2, -0.15) is 0 Å². The molecule has 1 rings (SSSR count). The van der Waals surface area contributed by atoms with Crippen LogP contribution in [0, 0.1) is 0 Å². The van der Waals surface area contributed by atoms with Crippen LogP contribution in [0.3, 0.4) is 0 Å². The van der Waals surface area contributed by atoms with Crippen LogP contribution < -0.4 is 27.0 Å². The van der Waals surface area contributed by atoms with Gasteiger partial charge >= 0.3 is 5.97 Å². The van der Waals surface area contributed by atoms with Crippen molar-refractivity contribution in [1.82, 2.24) is 26.2 Å². The maximum absolute atomic E-state index is 12.9. The molecule has 1 heterocycles. The van der Waals surface area contributed by atoms with Gasteiger partial charge in [-0.1, -0.05) is 0 Å². The van der Waals surface area contributed by atoms with Gasteiger partial charge in [0.2, 0.25) is 5.66 Å². The lowest BCUT2D eigenvalue weighted by Gasteiger charge is -2.39. The van der Waals surface area contributed by atoms with Crippen molar-refractivity contribution in [2.24, 2.45) is 5.73 Å². The Morgan fingerprint density at radius 1 is 1.00 bits per heavy atom. The Morgan fingerprint density at radius 3 is 1.88 bits per heavy atom. The molecule has 1 unspecified atom stereocenters. The second kappa shape index (κ2) is 10.8. The fraction of sp³-hybridized carbons (Fsp3) is 0.882. The number of hydrogen-bond donors (Lipinski definition) is 5. The van der Waals surface area contributed by atoms with Crippen LogP contribution in [0.1, 0.15) is 27.7 Å². The van der Waals surface area contributed by atoms with Gasteiger partial charge in [0.1, 0.15) is 5.60 Å². The average Bonchev–Trinajstić information content (AvgIpc) is 2.53. The van der Waals surface area contributed by atoms with Crippen molar-refractivity contribution in [2.75, 3.05) is 58.9 Å². The predicted molar refractivity (Wildman–Crippen MR) is 102 cm³/mol. The summed E-state index contributed by atoms with van der Waals surface area (Å²) in [7, 11) is 0. The Morgan fingerprint density at radius 2 is 1.46 bits per heavy atom. The van der Waals surface area contributed by atoms with Crippen LogP contribution in [0.5, 0.6) is 0 Å². The van der Waals surface area contributed by atoms with Crippen molar-refractivity contribution in [3.8, 4) is 0 Å². The molecule has 0 aromatic heterocycles. The van der Waals surface area contributed by atoms with Gasteiger partial charge in [0.05, 0.1) is 0 Å². The summed E-state index contributed by atoms with van der Waals surface area (Å²) < 4.78 is 5.48. The van der Waals surface area contributed by atoms with Crippen LogP contribution in [0.4, 0.5) is 0 Å². The lowest BCUT2D eigenvalue weighted by atomic mass is 10.1. The summed E-state index contributed by atoms with van der Waals surface area (Å²) in [6, 6.07) is 0. The highest BCUT2D eigenvalue weighted by Gasteiger charge is 2.49. The molecule has 9 nitrogen and oxygen atoms in total. The molecule has 1 aliphatic rings. The number of rotatable bonds is 4. The van der Waals surface area contributed by atoms with E-state index < -0.39 is 23.1 Å². The number of amides is 1. The van der Waals surface area contributed by atoms with Crippen LogP contribution in [-0.4, -0.2) is 86.9 Å². The monoisotopic (exact) mass is 372 g/mol. The highest BCUT2D eigenvalue weighted by atomic mass is 16.6. The first-order valence-electron chi connectivity index (χ1n) is 9.39. The molecule has 1 amide bonds. The molecule has 6 N–H and O–H groups in total. The van der Waals surface area contributed by atoms with E-state index in [1.807, 2.05) is 0 Å². The summed E-state index contributed by atoms with van der Waals surface area (Å²) in [6.45, 7) is 12.9. The first-order chi connectivity index (χ1) is 12.2. The topological polar surface area (TPSA) is 121 Å². The summed E-state index contributed by atoms with van der Waals surface area (Å²) in [6.07, 6.45) is 0. The van der Waals surface area contributed by atoms with E-state index in [9.17, 15) is 9.59 Å². The van der Waals surface area contributed by atoms with Crippen molar-refractivity contribution in [3.05, 3.63) is 0 Å². The van der Waals surface area contributed by atoms with Crippen LogP contribution in [0.2, 0.25) is 0 Å². The number of carbonyl (C=O) groups excluding carboxylic acids is 2. The summed E-state index contributed by atoms with van der Waals surface area (Å²) in [5.74, 6) is -1.27. The van der Waals surface area contributed by atoms with Gasteiger partial charge in [-0.3, -0.25) is 15.4 Å². The molecule has 0 aromatic rings. The number of nitrogens with one attached hydrogen (secondary N) is 4. The Bertz CT molecular complexity index is 442. The lowest BCUT2D eigenvalue weighted by Crippen LogP contribution is -2.72. The summed E-state index contributed by atoms with van der Waals surface area (Å²) >= 11 is 0. The van der Waals surface area contributed by atoms with Gasteiger partial charge in [-0.15, -0.1) is 0 Å². The van der Waals surface area contributed by atoms with Gasteiger partial charge in [0, 0.05) is 58.9 Å². The number of esters is 1. The molecule has 0 bridgehead atoms. The Balaban J connectivity index is 3.01. The lowest BCUT2D eigenvalue weighted by molar-refractivity contribution is -0.173. The fourth-order valence-corrected chi connectivity index (χ4v) is 2.64. The van der Waals surface area contributed by atoms with Crippen molar-refractivity contribution in [1.29, 1.82) is 0 Å². The minimum Gasteiger partial charge on any atom is -0.457 e. The van der Waals surface area contributed by atoms with E-state index in [0.29, 0.717) is 32.7 Å². The van der Waals surface area contributed by atoms with E-state index in [-0.39, 0.29) is 0 Å². The quantitative estimate of drug-likeness (QED) is 0.290. The maximum Gasteiger partial charge on any atom is 0.352 e. The van der Waals surface area contributed by atoms with Gasteiger partial charge in [0.15, 0.2) is 0 Å². The zero-order chi connectivity index (χ0) is 19.6. The third-order valence-electron chi connectivity index (χ3n) is 3.97. The molecule has 1 aliphatic heterocycles. The summed E-state index contributed by atoms with van der Waals surface area (Å²) in [5.41, 5.74) is 3.81. The Kier molecular flexibility index (Phi) is 9.45. The van der Waals surface area contributed by atoms with Gasteiger partial charge in [-0.05, 0) is 27.7 Å². The van der Waals surface area contributed by atoms with Crippen molar-refractivity contribution in [2.45, 2.75) is 39.0 Å². The maximum atomic E-state index is 12.9. The molecule has 0 radical (unpaired) electrons. The van der Waals surface area contributed by atoms with Crippen LogP contribution in [-0.2, 0) is 14.3 Å². The average molecular weight is 373 g/mol. The number of ether oxygens (including phenoxy) is 1. The molecule has 0 aromatic carbocycles. The number of nitrogens with zero attached hydrogens (tertiary/aromatic N) is 1. The van der Waals surface area contributed by atoms with Crippen molar-refractivity contribution in [3.63, 3.8) is 0 Å². The number of likely N-dealkylation sites (N-methyl/N-ethyl adjacent to an activating group) is 1. The van der Waals surface area contributed by atoms with E-state index in [0.717, 1.165) is 26.2 Å².